The highest BCUT2D eigenvalue weighted by Crippen LogP contribution is 2.30. The summed E-state index contributed by atoms with van der Waals surface area (Å²) in [6, 6.07) is 8.15. The van der Waals surface area contributed by atoms with E-state index < -0.39 is 0 Å². The minimum Gasteiger partial charge on any atom is -0.345 e. The quantitative estimate of drug-likeness (QED) is 0.725. The van der Waals surface area contributed by atoms with Gasteiger partial charge in [-0.3, -0.25) is 9.48 Å². The zero-order chi connectivity index (χ0) is 17.4. The van der Waals surface area contributed by atoms with Crippen molar-refractivity contribution in [2.75, 3.05) is 31.1 Å². The normalized spacial score (nSPS) is 15.1. The van der Waals surface area contributed by atoms with Crippen LogP contribution in [0.4, 0.5) is 5.13 Å². The second-order valence-electron chi connectivity index (χ2n) is 6.30. The van der Waals surface area contributed by atoms with Crippen molar-refractivity contribution in [2.45, 2.75) is 20.4 Å². The van der Waals surface area contributed by atoms with E-state index in [4.69, 9.17) is 4.98 Å². The van der Waals surface area contributed by atoms with Gasteiger partial charge in [0, 0.05) is 38.9 Å². The Morgan fingerprint density at radius 2 is 2.00 bits per heavy atom. The lowest BCUT2D eigenvalue weighted by atomic mass is 10.2. The van der Waals surface area contributed by atoms with Crippen molar-refractivity contribution in [1.82, 2.24) is 19.7 Å². The molecule has 25 heavy (non-hydrogen) atoms. The molecular weight excluding hydrogens is 334 g/mol. The molecule has 3 aromatic rings. The fourth-order valence-corrected chi connectivity index (χ4v) is 4.19. The molecule has 7 heteroatoms. The molecule has 0 aliphatic carbocycles. The second-order valence-corrected chi connectivity index (χ2v) is 7.31. The molecule has 1 aliphatic heterocycles. The Balaban J connectivity index is 1.44. The molecule has 0 N–H and O–H groups in total. The summed E-state index contributed by atoms with van der Waals surface area (Å²) in [4.78, 5) is 21.5. The first-order chi connectivity index (χ1) is 12.1. The summed E-state index contributed by atoms with van der Waals surface area (Å²) in [5.74, 6) is 0.0202. The SMILES string of the molecule is CCn1ccc(C(=O)N2CCN(c3nc4ccc(C)cc4s3)CC2)n1. The number of piperazine rings is 1. The van der Waals surface area contributed by atoms with Crippen LogP contribution in [-0.2, 0) is 6.54 Å². The number of anilines is 1. The zero-order valence-corrected chi connectivity index (χ0v) is 15.3. The molecule has 0 spiro atoms. The summed E-state index contributed by atoms with van der Waals surface area (Å²) in [6.07, 6.45) is 1.85. The number of carbonyl (C=O) groups excluding carboxylic acids is 1. The van der Waals surface area contributed by atoms with Crippen molar-refractivity contribution in [3.8, 4) is 0 Å². The summed E-state index contributed by atoms with van der Waals surface area (Å²) in [5.41, 5.74) is 2.84. The average molecular weight is 355 g/mol. The molecule has 4 rings (SSSR count). The number of rotatable bonds is 3. The smallest absolute Gasteiger partial charge is 0.274 e. The fraction of sp³-hybridized carbons (Fsp3) is 0.389. The lowest BCUT2D eigenvalue weighted by Crippen LogP contribution is -2.48. The highest BCUT2D eigenvalue weighted by Gasteiger charge is 2.25. The van der Waals surface area contributed by atoms with Crippen LogP contribution in [0.1, 0.15) is 23.0 Å². The Hall–Kier alpha value is -2.41. The lowest BCUT2D eigenvalue weighted by Gasteiger charge is -2.34. The lowest BCUT2D eigenvalue weighted by molar-refractivity contribution is 0.0740. The van der Waals surface area contributed by atoms with Crippen LogP contribution in [0.15, 0.2) is 30.5 Å². The van der Waals surface area contributed by atoms with E-state index in [1.165, 1.54) is 10.3 Å². The Morgan fingerprint density at radius 1 is 1.20 bits per heavy atom. The first-order valence-corrected chi connectivity index (χ1v) is 9.40. The van der Waals surface area contributed by atoms with Crippen molar-refractivity contribution < 1.29 is 4.79 Å². The number of hydrogen-bond donors (Lipinski definition) is 0. The highest BCUT2D eigenvalue weighted by molar-refractivity contribution is 7.22. The van der Waals surface area contributed by atoms with Crippen molar-refractivity contribution in [3.05, 3.63) is 41.7 Å². The molecule has 1 aromatic carbocycles. The van der Waals surface area contributed by atoms with Crippen LogP contribution in [0.3, 0.4) is 0 Å². The van der Waals surface area contributed by atoms with E-state index in [2.05, 4.69) is 35.1 Å². The Labute approximate surface area is 150 Å². The topological polar surface area (TPSA) is 54.3 Å². The summed E-state index contributed by atoms with van der Waals surface area (Å²) < 4.78 is 3.01. The van der Waals surface area contributed by atoms with E-state index in [-0.39, 0.29) is 5.91 Å². The third kappa shape index (κ3) is 3.11. The van der Waals surface area contributed by atoms with Gasteiger partial charge in [-0.05, 0) is 37.6 Å². The predicted molar refractivity (Wildman–Crippen MR) is 100 cm³/mol. The Morgan fingerprint density at radius 3 is 2.72 bits per heavy atom. The summed E-state index contributed by atoms with van der Waals surface area (Å²) in [7, 11) is 0. The molecule has 0 atom stereocenters. The van der Waals surface area contributed by atoms with Crippen LogP contribution in [0, 0.1) is 6.92 Å². The molecule has 2 aromatic heterocycles. The van der Waals surface area contributed by atoms with Gasteiger partial charge in [0.25, 0.3) is 5.91 Å². The zero-order valence-electron chi connectivity index (χ0n) is 14.5. The van der Waals surface area contributed by atoms with Crippen LogP contribution in [0.5, 0.6) is 0 Å². The number of amides is 1. The molecule has 0 bridgehead atoms. The minimum atomic E-state index is 0.0202. The summed E-state index contributed by atoms with van der Waals surface area (Å²) in [6.45, 7) is 7.90. The number of aryl methyl sites for hydroxylation is 2. The molecule has 1 amide bonds. The maximum atomic E-state index is 12.6. The van der Waals surface area contributed by atoms with E-state index in [0.29, 0.717) is 18.8 Å². The number of hydrogen-bond acceptors (Lipinski definition) is 5. The molecule has 6 nitrogen and oxygen atoms in total. The minimum absolute atomic E-state index is 0.0202. The third-order valence-corrected chi connectivity index (χ3v) is 5.63. The molecule has 1 saturated heterocycles. The van der Waals surface area contributed by atoms with Crippen LogP contribution in [0.2, 0.25) is 0 Å². The van der Waals surface area contributed by atoms with Crippen molar-refractivity contribution in [2.24, 2.45) is 0 Å². The Bertz CT molecular complexity index is 907. The van der Waals surface area contributed by atoms with Gasteiger partial charge >= 0.3 is 0 Å². The van der Waals surface area contributed by atoms with E-state index >= 15 is 0 Å². The fourth-order valence-electron chi connectivity index (χ4n) is 3.07. The van der Waals surface area contributed by atoms with Gasteiger partial charge in [-0.25, -0.2) is 4.98 Å². The number of nitrogens with zero attached hydrogens (tertiary/aromatic N) is 5. The number of carbonyl (C=O) groups is 1. The van der Waals surface area contributed by atoms with Crippen LogP contribution in [0.25, 0.3) is 10.2 Å². The van der Waals surface area contributed by atoms with Gasteiger partial charge in [0.2, 0.25) is 0 Å². The molecule has 0 saturated carbocycles. The predicted octanol–water partition coefficient (Wildman–Crippen LogP) is 2.78. The number of thiazole rings is 1. The highest BCUT2D eigenvalue weighted by atomic mass is 32.1. The van der Waals surface area contributed by atoms with Crippen molar-refractivity contribution in [3.63, 3.8) is 0 Å². The van der Waals surface area contributed by atoms with Gasteiger partial charge in [0.15, 0.2) is 5.13 Å². The molecule has 1 aliphatic rings. The molecular formula is C18H21N5OS. The van der Waals surface area contributed by atoms with Gasteiger partial charge in [0.05, 0.1) is 10.2 Å². The molecule has 0 unspecified atom stereocenters. The first-order valence-electron chi connectivity index (χ1n) is 8.59. The van der Waals surface area contributed by atoms with Crippen LogP contribution >= 0.6 is 11.3 Å². The van der Waals surface area contributed by atoms with Gasteiger partial charge in [0.1, 0.15) is 5.69 Å². The standard InChI is InChI=1S/C18H21N5OS/c1-3-23-7-6-15(20-23)17(24)21-8-10-22(11-9-21)18-19-14-5-4-13(2)12-16(14)25-18/h4-7,12H,3,8-11H2,1-2H3. The molecule has 3 heterocycles. The number of fused-ring (bicyclic) bond motifs is 1. The van der Waals surface area contributed by atoms with E-state index in [0.717, 1.165) is 30.3 Å². The van der Waals surface area contributed by atoms with Gasteiger partial charge < -0.3 is 9.80 Å². The maximum Gasteiger partial charge on any atom is 0.274 e. The van der Waals surface area contributed by atoms with Gasteiger partial charge in [-0.15, -0.1) is 0 Å². The maximum absolute atomic E-state index is 12.6. The first kappa shape index (κ1) is 16.1. The van der Waals surface area contributed by atoms with Gasteiger partial charge in [-0.2, -0.15) is 5.10 Å². The Kier molecular flexibility index (Phi) is 4.17. The monoisotopic (exact) mass is 355 g/mol. The van der Waals surface area contributed by atoms with Gasteiger partial charge in [-0.1, -0.05) is 17.4 Å². The number of benzene rings is 1. The van der Waals surface area contributed by atoms with Crippen LogP contribution in [-0.4, -0.2) is 51.8 Å². The average Bonchev–Trinajstić information content (AvgIpc) is 3.27. The molecule has 0 radical (unpaired) electrons. The molecule has 130 valence electrons. The van der Waals surface area contributed by atoms with E-state index in [9.17, 15) is 4.79 Å². The van der Waals surface area contributed by atoms with E-state index in [1.807, 2.05) is 18.0 Å². The largest absolute Gasteiger partial charge is 0.345 e. The molecule has 1 fully saturated rings. The van der Waals surface area contributed by atoms with Crippen LogP contribution < -0.4 is 4.90 Å². The van der Waals surface area contributed by atoms with E-state index in [1.54, 1.807) is 22.1 Å². The number of aromatic nitrogens is 3. The summed E-state index contributed by atoms with van der Waals surface area (Å²) in [5, 5.41) is 5.36. The summed E-state index contributed by atoms with van der Waals surface area (Å²) >= 11 is 1.73. The second kappa shape index (κ2) is 6.48. The van der Waals surface area contributed by atoms with Crippen molar-refractivity contribution in [1.29, 1.82) is 0 Å². The third-order valence-electron chi connectivity index (χ3n) is 4.55. The van der Waals surface area contributed by atoms with Crippen molar-refractivity contribution >= 4 is 32.6 Å².